The number of piperazine rings is 1. The Balaban J connectivity index is 1.87. The van der Waals surface area contributed by atoms with E-state index in [-0.39, 0.29) is 12.0 Å². The van der Waals surface area contributed by atoms with Crippen LogP contribution in [-0.4, -0.2) is 66.7 Å². The Labute approximate surface area is 120 Å². The van der Waals surface area contributed by atoms with Crippen molar-refractivity contribution in [1.29, 1.82) is 0 Å². The summed E-state index contributed by atoms with van der Waals surface area (Å²) < 4.78 is 4.98. The van der Waals surface area contributed by atoms with Gasteiger partial charge in [-0.2, -0.15) is 0 Å². The molecule has 114 valence electrons. The number of nitrogens with zero attached hydrogens (tertiary/aromatic N) is 2. The van der Waals surface area contributed by atoms with Gasteiger partial charge in [0, 0.05) is 26.2 Å². The molecule has 0 aromatic rings. The predicted molar refractivity (Wildman–Crippen MR) is 75.4 cm³/mol. The van der Waals surface area contributed by atoms with Crippen LogP contribution in [0.5, 0.6) is 0 Å². The third-order valence-corrected chi connectivity index (χ3v) is 4.18. The van der Waals surface area contributed by atoms with Crippen molar-refractivity contribution >= 4 is 12.0 Å². The fourth-order valence-electron chi connectivity index (χ4n) is 2.89. The van der Waals surface area contributed by atoms with Gasteiger partial charge in [0.2, 0.25) is 5.91 Å². The van der Waals surface area contributed by atoms with Crippen molar-refractivity contribution in [2.75, 3.05) is 39.3 Å². The minimum absolute atomic E-state index is 0.167. The molecule has 2 heterocycles. The van der Waals surface area contributed by atoms with Crippen LogP contribution in [0.4, 0.5) is 4.79 Å². The van der Waals surface area contributed by atoms with Crippen molar-refractivity contribution in [1.82, 2.24) is 15.1 Å². The van der Waals surface area contributed by atoms with Gasteiger partial charge in [-0.15, -0.1) is 0 Å². The Bertz CT molecular complexity index is 359. The zero-order chi connectivity index (χ0) is 14.6. The normalized spacial score (nSPS) is 27.3. The molecule has 2 aliphatic rings. The lowest BCUT2D eigenvalue weighted by atomic mass is 9.89. The van der Waals surface area contributed by atoms with Gasteiger partial charge in [-0.3, -0.25) is 4.79 Å². The van der Waals surface area contributed by atoms with Gasteiger partial charge in [0.1, 0.15) is 0 Å². The van der Waals surface area contributed by atoms with Crippen LogP contribution in [0, 0.1) is 0 Å². The first-order chi connectivity index (χ1) is 9.57. The van der Waals surface area contributed by atoms with E-state index < -0.39 is 5.54 Å². The van der Waals surface area contributed by atoms with Crippen molar-refractivity contribution < 1.29 is 14.3 Å². The van der Waals surface area contributed by atoms with Crippen LogP contribution in [0.1, 0.15) is 33.1 Å². The average molecular weight is 283 g/mol. The molecule has 1 atom stereocenters. The summed E-state index contributed by atoms with van der Waals surface area (Å²) in [6.07, 6.45) is 2.85. The minimum Gasteiger partial charge on any atom is -0.450 e. The molecule has 2 saturated heterocycles. The molecule has 2 amide bonds. The zero-order valence-corrected chi connectivity index (χ0v) is 12.5. The molecular formula is C14H25N3O3. The molecule has 0 spiro atoms. The van der Waals surface area contributed by atoms with Gasteiger partial charge >= 0.3 is 6.09 Å². The maximum Gasteiger partial charge on any atom is 0.409 e. The standard InChI is InChI=1S/C14H25N3O3/c1-3-20-13(19)17-10-8-16(9-11-17)12(18)14(2)6-4-5-7-15-14/h15H,3-11H2,1-2H3. The van der Waals surface area contributed by atoms with E-state index in [4.69, 9.17) is 4.74 Å². The molecule has 2 aliphatic heterocycles. The molecule has 0 radical (unpaired) electrons. The first-order valence-corrected chi connectivity index (χ1v) is 7.53. The fourth-order valence-corrected chi connectivity index (χ4v) is 2.89. The third kappa shape index (κ3) is 3.23. The van der Waals surface area contributed by atoms with E-state index in [1.807, 2.05) is 11.8 Å². The number of carbonyl (C=O) groups excluding carboxylic acids is 2. The number of rotatable bonds is 2. The highest BCUT2D eigenvalue weighted by Gasteiger charge is 2.38. The van der Waals surface area contributed by atoms with Gasteiger partial charge in [0.15, 0.2) is 0 Å². The predicted octanol–water partition coefficient (Wildman–Crippen LogP) is 0.819. The molecule has 0 bridgehead atoms. The zero-order valence-electron chi connectivity index (χ0n) is 12.5. The van der Waals surface area contributed by atoms with E-state index in [0.29, 0.717) is 32.8 Å². The Hall–Kier alpha value is -1.30. The second-order valence-corrected chi connectivity index (χ2v) is 5.69. The molecule has 6 nitrogen and oxygen atoms in total. The van der Waals surface area contributed by atoms with Crippen molar-refractivity contribution in [3.63, 3.8) is 0 Å². The molecule has 0 aromatic heterocycles. The smallest absolute Gasteiger partial charge is 0.409 e. The van der Waals surface area contributed by atoms with Gasteiger partial charge < -0.3 is 19.9 Å². The number of nitrogens with one attached hydrogen (secondary N) is 1. The van der Waals surface area contributed by atoms with Crippen molar-refractivity contribution in [2.24, 2.45) is 0 Å². The lowest BCUT2D eigenvalue weighted by molar-refractivity contribution is -0.140. The molecule has 0 aliphatic carbocycles. The van der Waals surface area contributed by atoms with Crippen LogP contribution in [0.25, 0.3) is 0 Å². The fraction of sp³-hybridized carbons (Fsp3) is 0.857. The van der Waals surface area contributed by atoms with Gasteiger partial charge in [-0.1, -0.05) is 0 Å². The molecule has 0 saturated carbocycles. The van der Waals surface area contributed by atoms with E-state index in [1.165, 1.54) is 0 Å². The summed E-state index contributed by atoms with van der Waals surface area (Å²) in [5, 5.41) is 3.35. The Morgan fingerprint density at radius 3 is 2.35 bits per heavy atom. The van der Waals surface area contributed by atoms with Crippen LogP contribution in [-0.2, 0) is 9.53 Å². The monoisotopic (exact) mass is 283 g/mol. The quantitative estimate of drug-likeness (QED) is 0.815. The second kappa shape index (κ2) is 6.43. The van der Waals surface area contributed by atoms with Crippen molar-refractivity contribution in [3.8, 4) is 0 Å². The summed E-state index contributed by atoms with van der Waals surface area (Å²) in [5.74, 6) is 0.167. The van der Waals surface area contributed by atoms with E-state index in [0.717, 1.165) is 25.8 Å². The molecule has 6 heteroatoms. The third-order valence-electron chi connectivity index (χ3n) is 4.18. The summed E-state index contributed by atoms with van der Waals surface area (Å²) in [6, 6.07) is 0. The SMILES string of the molecule is CCOC(=O)N1CCN(C(=O)C2(C)CCCCN2)CC1. The Morgan fingerprint density at radius 2 is 1.80 bits per heavy atom. The first-order valence-electron chi connectivity index (χ1n) is 7.53. The number of carbonyl (C=O) groups is 2. The van der Waals surface area contributed by atoms with E-state index in [1.54, 1.807) is 11.8 Å². The highest BCUT2D eigenvalue weighted by Crippen LogP contribution is 2.22. The molecule has 20 heavy (non-hydrogen) atoms. The Morgan fingerprint density at radius 1 is 1.15 bits per heavy atom. The average Bonchev–Trinajstić information content (AvgIpc) is 2.48. The molecule has 0 aromatic carbocycles. The van der Waals surface area contributed by atoms with Crippen LogP contribution < -0.4 is 5.32 Å². The van der Waals surface area contributed by atoms with Crippen LogP contribution in [0.2, 0.25) is 0 Å². The second-order valence-electron chi connectivity index (χ2n) is 5.69. The summed E-state index contributed by atoms with van der Waals surface area (Å²) in [4.78, 5) is 27.8. The lowest BCUT2D eigenvalue weighted by Gasteiger charge is -2.41. The summed E-state index contributed by atoms with van der Waals surface area (Å²) in [7, 11) is 0. The number of amides is 2. The Kier molecular flexibility index (Phi) is 4.86. The van der Waals surface area contributed by atoms with Crippen LogP contribution in [0.15, 0.2) is 0 Å². The number of hydrogen-bond donors (Lipinski definition) is 1. The number of ether oxygens (including phenoxy) is 1. The van der Waals surface area contributed by atoms with Crippen LogP contribution in [0.3, 0.4) is 0 Å². The lowest BCUT2D eigenvalue weighted by Crippen LogP contribution is -2.61. The van der Waals surface area contributed by atoms with Gasteiger partial charge in [-0.25, -0.2) is 4.79 Å². The molecule has 2 rings (SSSR count). The minimum atomic E-state index is -0.426. The highest BCUT2D eigenvalue weighted by atomic mass is 16.6. The number of hydrogen-bond acceptors (Lipinski definition) is 4. The molecular weight excluding hydrogens is 258 g/mol. The molecule has 1 N–H and O–H groups in total. The van der Waals surface area contributed by atoms with Crippen LogP contribution >= 0.6 is 0 Å². The molecule has 1 unspecified atom stereocenters. The topological polar surface area (TPSA) is 61.9 Å². The van der Waals surface area contributed by atoms with E-state index in [9.17, 15) is 9.59 Å². The largest absolute Gasteiger partial charge is 0.450 e. The highest BCUT2D eigenvalue weighted by molar-refractivity contribution is 5.86. The summed E-state index contributed by atoms with van der Waals surface area (Å²) in [5.41, 5.74) is -0.426. The van der Waals surface area contributed by atoms with E-state index in [2.05, 4.69) is 5.32 Å². The van der Waals surface area contributed by atoms with Crippen molar-refractivity contribution in [3.05, 3.63) is 0 Å². The number of piperidine rings is 1. The van der Waals surface area contributed by atoms with Gasteiger partial charge in [0.25, 0.3) is 0 Å². The first kappa shape index (κ1) is 15.1. The van der Waals surface area contributed by atoms with Gasteiger partial charge in [0.05, 0.1) is 12.1 Å². The van der Waals surface area contributed by atoms with Crippen molar-refractivity contribution in [2.45, 2.75) is 38.6 Å². The van der Waals surface area contributed by atoms with E-state index >= 15 is 0 Å². The summed E-state index contributed by atoms with van der Waals surface area (Å²) in [6.45, 7) is 7.38. The maximum atomic E-state index is 12.6. The maximum absolute atomic E-state index is 12.6. The van der Waals surface area contributed by atoms with Gasteiger partial charge in [-0.05, 0) is 39.7 Å². The molecule has 2 fully saturated rings. The summed E-state index contributed by atoms with van der Waals surface area (Å²) >= 11 is 0.